The predicted octanol–water partition coefficient (Wildman–Crippen LogP) is 3.38. The van der Waals surface area contributed by atoms with Crippen LogP contribution in [0.25, 0.3) is 11.0 Å². The number of carboxylic acids is 1. The van der Waals surface area contributed by atoms with Gasteiger partial charge in [0.2, 0.25) is 5.91 Å². The molecular formula is C17H15N3O3S. The summed E-state index contributed by atoms with van der Waals surface area (Å²) in [6.45, 7) is 0. The SMILES string of the molecule is O=C(CCSc1nc2ccccc2[nH]1)Nc1cccc(C(=O)O)c1. The molecule has 3 aromatic rings. The first kappa shape index (κ1) is 16.1. The molecule has 3 N–H and O–H groups in total. The van der Waals surface area contributed by atoms with Gasteiger partial charge in [0.1, 0.15) is 0 Å². The third kappa shape index (κ3) is 3.94. The Morgan fingerprint density at radius 1 is 1.17 bits per heavy atom. The molecule has 1 heterocycles. The van der Waals surface area contributed by atoms with Crippen LogP contribution in [0.2, 0.25) is 0 Å². The zero-order valence-electron chi connectivity index (χ0n) is 12.7. The fraction of sp³-hybridized carbons (Fsp3) is 0.118. The summed E-state index contributed by atoms with van der Waals surface area (Å²) in [4.78, 5) is 30.5. The van der Waals surface area contributed by atoms with Gasteiger partial charge in [0.25, 0.3) is 0 Å². The van der Waals surface area contributed by atoms with Crippen LogP contribution < -0.4 is 5.32 Å². The molecule has 3 rings (SSSR count). The first-order valence-electron chi connectivity index (χ1n) is 7.32. The molecule has 0 spiro atoms. The lowest BCUT2D eigenvalue weighted by molar-refractivity contribution is -0.115. The number of H-pyrrole nitrogens is 1. The van der Waals surface area contributed by atoms with Crippen LogP contribution in [-0.4, -0.2) is 32.7 Å². The van der Waals surface area contributed by atoms with Crippen LogP contribution >= 0.6 is 11.8 Å². The third-order valence-electron chi connectivity index (χ3n) is 3.33. The molecule has 122 valence electrons. The summed E-state index contributed by atoms with van der Waals surface area (Å²) >= 11 is 1.47. The number of para-hydroxylation sites is 2. The number of anilines is 1. The number of carboxylic acid groups (broad SMARTS) is 1. The maximum absolute atomic E-state index is 12.0. The van der Waals surface area contributed by atoms with Crippen molar-refractivity contribution in [2.45, 2.75) is 11.6 Å². The summed E-state index contributed by atoms with van der Waals surface area (Å²) in [5.41, 5.74) is 2.49. The Morgan fingerprint density at radius 3 is 2.79 bits per heavy atom. The van der Waals surface area contributed by atoms with Crippen molar-refractivity contribution in [1.29, 1.82) is 0 Å². The van der Waals surface area contributed by atoms with E-state index in [1.54, 1.807) is 12.1 Å². The highest BCUT2D eigenvalue weighted by Gasteiger charge is 2.08. The minimum atomic E-state index is -1.02. The third-order valence-corrected chi connectivity index (χ3v) is 4.20. The van der Waals surface area contributed by atoms with E-state index in [1.165, 1.54) is 23.9 Å². The number of aromatic amines is 1. The molecule has 0 saturated heterocycles. The van der Waals surface area contributed by atoms with E-state index in [2.05, 4.69) is 15.3 Å². The number of benzene rings is 2. The topological polar surface area (TPSA) is 95.1 Å². The lowest BCUT2D eigenvalue weighted by atomic mass is 10.2. The highest BCUT2D eigenvalue weighted by molar-refractivity contribution is 7.99. The van der Waals surface area contributed by atoms with E-state index in [-0.39, 0.29) is 11.5 Å². The fourth-order valence-corrected chi connectivity index (χ4v) is 3.02. The second kappa shape index (κ2) is 7.18. The number of carbonyl (C=O) groups excluding carboxylic acids is 1. The second-order valence-electron chi connectivity index (χ2n) is 5.09. The number of hydrogen-bond donors (Lipinski definition) is 3. The van der Waals surface area contributed by atoms with Crippen molar-refractivity contribution in [3.63, 3.8) is 0 Å². The summed E-state index contributed by atoms with van der Waals surface area (Å²) in [6.07, 6.45) is 0.305. The van der Waals surface area contributed by atoms with Gasteiger partial charge in [-0.2, -0.15) is 0 Å². The highest BCUT2D eigenvalue weighted by Crippen LogP contribution is 2.20. The van der Waals surface area contributed by atoms with Crippen LogP contribution in [0, 0.1) is 0 Å². The molecule has 0 radical (unpaired) electrons. The van der Waals surface area contributed by atoms with Gasteiger partial charge in [0.05, 0.1) is 16.6 Å². The van der Waals surface area contributed by atoms with Gasteiger partial charge in [-0.15, -0.1) is 0 Å². The number of nitrogens with one attached hydrogen (secondary N) is 2. The van der Waals surface area contributed by atoms with Gasteiger partial charge >= 0.3 is 5.97 Å². The maximum Gasteiger partial charge on any atom is 0.335 e. The van der Waals surface area contributed by atoms with Gasteiger partial charge < -0.3 is 15.4 Å². The molecule has 2 aromatic carbocycles. The van der Waals surface area contributed by atoms with E-state index < -0.39 is 5.97 Å². The zero-order valence-corrected chi connectivity index (χ0v) is 13.5. The van der Waals surface area contributed by atoms with E-state index in [9.17, 15) is 9.59 Å². The largest absolute Gasteiger partial charge is 0.478 e. The normalized spacial score (nSPS) is 10.7. The molecule has 0 atom stereocenters. The average Bonchev–Trinajstić information content (AvgIpc) is 2.97. The van der Waals surface area contributed by atoms with Crippen molar-refractivity contribution >= 4 is 40.4 Å². The molecule has 1 aromatic heterocycles. The summed E-state index contributed by atoms with van der Waals surface area (Å²) in [7, 11) is 0. The van der Waals surface area contributed by atoms with Gasteiger partial charge in [0, 0.05) is 17.9 Å². The molecule has 0 saturated carbocycles. The minimum Gasteiger partial charge on any atom is -0.478 e. The molecular weight excluding hydrogens is 326 g/mol. The lowest BCUT2D eigenvalue weighted by Gasteiger charge is -2.05. The quantitative estimate of drug-likeness (QED) is 0.597. The molecule has 0 fully saturated rings. The van der Waals surface area contributed by atoms with E-state index in [4.69, 9.17) is 5.11 Å². The Morgan fingerprint density at radius 2 is 2.00 bits per heavy atom. The summed E-state index contributed by atoms with van der Waals surface area (Å²) in [5, 5.41) is 12.4. The number of hydrogen-bond acceptors (Lipinski definition) is 4. The van der Waals surface area contributed by atoms with Crippen LogP contribution in [0.15, 0.2) is 53.7 Å². The van der Waals surface area contributed by atoms with Crippen LogP contribution in [-0.2, 0) is 4.79 Å². The standard InChI is InChI=1S/C17H15N3O3S/c21-15(18-12-5-3-4-11(10-12)16(22)23)8-9-24-17-19-13-6-1-2-7-14(13)20-17/h1-7,10H,8-9H2,(H,18,21)(H,19,20)(H,22,23). The summed E-state index contributed by atoms with van der Waals surface area (Å²) in [6, 6.07) is 13.9. The molecule has 7 heteroatoms. The minimum absolute atomic E-state index is 0.143. The van der Waals surface area contributed by atoms with E-state index in [0.717, 1.165) is 16.2 Å². The first-order valence-corrected chi connectivity index (χ1v) is 8.31. The highest BCUT2D eigenvalue weighted by atomic mass is 32.2. The number of fused-ring (bicyclic) bond motifs is 1. The first-order chi connectivity index (χ1) is 11.6. The maximum atomic E-state index is 12.0. The Labute approximate surface area is 142 Å². The van der Waals surface area contributed by atoms with Crippen LogP contribution in [0.4, 0.5) is 5.69 Å². The summed E-state index contributed by atoms with van der Waals surface area (Å²) in [5.74, 6) is -0.614. The Balaban J connectivity index is 1.52. The van der Waals surface area contributed by atoms with Crippen LogP contribution in [0.5, 0.6) is 0 Å². The number of nitrogens with zero attached hydrogens (tertiary/aromatic N) is 1. The second-order valence-corrected chi connectivity index (χ2v) is 6.18. The summed E-state index contributed by atoms with van der Waals surface area (Å²) < 4.78 is 0. The number of rotatable bonds is 6. The molecule has 0 aliphatic carbocycles. The van der Waals surface area contributed by atoms with Crippen molar-refractivity contribution in [3.05, 3.63) is 54.1 Å². The van der Waals surface area contributed by atoms with Gasteiger partial charge in [-0.1, -0.05) is 30.0 Å². The molecule has 0 aliphatic heterocycles. The van der Waals surface area contributed by atoms with Gasteiger partial charge in [0.15, 0.2) is 5.16 Å². The van der Waals surface area contributed by atoms with E-state index in [0.29, 0.717) is 17.9 Å². The Bertz CT molecular complexity index is 858. The van der Waals surface area contributed by atoms with Crippen LogP contribution in [0.3, 0.4) is 0 Å². The monoisotopic (exact) mass is 341 g/mol. The van der Waals surface area contributed by atoms with Crippen molar-refractivity contribution in [2.75, 3.05) is 11.1 Å². The molecule has 0 bridgehead atoms. The molecule has 0 aliphatic rings. The molecule has 6 nitrogen and oxygen atoms in total. The number of imidazole rings is 1. The smallest absolute Gasteiger partial charge is 0.335 e. The Hall–Kier alpha value is -2.80. The van der Waals surface area contributed by atoms with E-state index in [1.807, 2.05) is 24.3 Å². The number of aromatic carboxylic acids is 1. The number of thioether (sulfide) groups is 1. The van der Waals surface area contributed by atoms with Gasteiger partial charge in [-0.25, -0.2) is 9.78 Å². The van der Waals surface area contributed by atoms with Crippen molar-refractivity contribution in [2.24, 2.45) is 0 Å². The van der Waals surface area contributed by atoms with Crippen molar-refractivity contribution in [1.82, 2.24) is 9.97 Å². The van der Waals surface area contributed by atoms with E-state index >= 15 is 0 Å². The van der Waals surface area contributed by atoms with Gasteiger partial charge in [-0.3, -0.25) is 4.79 Å². The zero-order chi connectivity index (χ0) is 16.9. The molecule has 0 unspecified atom stereocenters. The predicted molar refractivity (Wildman–Crippen MR) is 93.5 cm³/mol. The van der Waals surface area contributed by atoms with Crippen molar-refractivity contribution in [3.8, 4) is 0 Å². The van der Waals surface area contributed by atoms with Crippen molar-refractivity contribution < 1.29 is 14.7 Å². The van der Waals surface area contributed by atoms with Gasteiger partial charge in [-0.05, 0) is 30.3 Å². The molecule has 1 amide bonds. The van der Waals surface area contributed by atoms with Crippen LogP contribution in [0.1, 0.15) is 16.8 Å². The number of aromatic nitrogens is 2. The lowest BCUT2D eigenvalue weighted by Crippen LogP contribution is -2.12. The average molecular weight is 341 g/mol. The number of carbonyl (C=O) groups is 2. The molecule has 24 heavy (non-hydrogen) atoms. The number of amides is 1. The fourth-order valence-electron chi connectivity index (χ4n) is 2.19. The Kier molecular flexibility index (Phi) is 4.81.